The predicted molar refractivity (Wildman–Crippen MR) is 126 cm³/mol. The number of piperazine rings is 1. The summed E-state index contributed by atoms with van der Waals surface area (Å²) in [6, 6.07) is 3.90. The van der Waals surface area contributed by atoms with Gasteiger partial charge in [-0.3, -0.25) is 4.79 Å². The van der Waals surface area contributed by atoms with Crippen molar-refractivity contribution in [2.75, 3.05) is 75.7 Å². The van der Waals surface area contributed by atoms with Crippen LogP contribution in [0, 0.1) is 0 Å². The summed E-state index contributed by atoms with van der Waals surface area (Å²) in [6.07, 6.45) is 2.75. The fraction of sp³-hybridized carbons (Fsp3) is 0.500. The van der Waals surface area contributed by atoms with Gasteiger partial charge in [0.15, 0.2) is 5.82 Å². The number of aromatic nitrogens is 2. The summed E-state index contributed by atoms with van der Waals surface area (Å²) < 4.78 is 11.1. The summed E-state index contributed by atoms with van der Waals surface area (Å²) in [7, 11) is 5.52. The number of anilines is 4. The molecule has 1 amide bonds. The fourth-order valence-corrected chi connectivity index (χ4v) is 4.07. The summed E-state index contributed by atoms with van der Waals surface area (Å²) in [4.78, 5) is 27.5. The number of amides is 1. The number of rotatable bonds is 7. The monoisotopic (exact) mass is 460 g/mol. The Morgan fingerprint density at radius 1 is 1.12 bits per heavy atom. The minimum absolute atomic E-state index is 0.0745. The summed E-state index contributed by atoms with van der Waals surface area (Å²) in [5, 5.41) is 3.77. The van der Waals surface area contributed by atoms with Gasteiger partial charge in [-0.05, 0) is 25.1 Å². The number of methoxy groups -OCH3 is 1. The highest BCUT2D eigenvalue weighted by atomic mass is 35.5. The number of benzene rings is 1. The van der Waals surface area contributed by atoms with E-state index >= 15 is 0 Å². The second kappa shape index (κ2) is 9.89. The molecule has 1 aromatic heterocycles. The van der Waals surface area contributed by atoms with Crippen LogP contribution in [0.2, 0.25) is 5.02 Å². The van der Waals surface area contributed by atoms with Gasteiger partial charge in [0, 0.05) is 58.5 Å². The van der Waals surface area contributed by atoms with Crippen molar-refractivity contribution in [3.05, 3.63) is 28.9 Å². The first-order valence-corrected chi connectivity index (χ1v) is 11.1. The van der Waals surface area contributed by atoms with Crippen molar-refractivity contribution >= 4 is 40.6 Å². The van der Waals surface area contributed by atoms with Crippen molar-refractivity contribution in [3.8, 4) is 5.75 Å². The number of fused-ring (bicyclic) bond motifs is 1. The summed E-state index contributed by atoms with van der Waals surface area (Å²) in [6.45, 7) is 4.51. The Bertz CT molecular complexity index is 980. The zero-order valence-electron chi connectivity index (χ0n) is 18.7. The first-order valence-electron chi connectivity index (χ1n) is 10.7. The second-order valence-electron chi connectivity index (χ2n) is 8.06. The topological polar surface area (TPSA) is 83.1 Å². The molecule has 1 aromatic carbocycles. The van der Waals surface area contributed by atoms with Gasteiger partial charge in [0.1, 0.15) is 17.4 Å². The molecule has 3 heterocycles. The van der Waals surface area contributed by atoms with Crippen molar-refractivity contribution in [3.63, 3.8) is 0 Å². The molecular formula is C22H29ClN6O3. The van der Waals surface area contributed by atoms with E-state index < -0.39 is 0 Å². The number of carbonyl (C=O) groups is 1. The van der Waals surface area contributed by atoms with Crippen molar-refractivity contribution in [2.45, 2.75) is 12.8 Å². The highest BCUT2D eigenvalue weighted by molar-refractivity contribution is 6.32. The van der Waals surface area contributed by atoms with E-state index in [1.54, 1.807) is 25.3 Å². The smallest absolute Gasteiger partial charge is 0.227 e. The molecule has 0 saturated carbocycles. The lowest BCUT2D eigenvalue weighted by atomic mass is 10.00. The molecule has 0 atom stereocenters. The number of carbonyl (C=O) groups excluding carboxylic acids is 1. The van der Waals surface area contributed by atoms with Crippen molar-refractivity contribution in [1.29, 1.82) is 0 Å². The zero-order chi connectivity index (χ0) is 22.7. The number of nitrogens with zero attached hydrogens (tertiary/aromatic N) is 5. The summed E-state index contributed by atoms with van der Waals surface area (Å²) in [5.74, 6) is 1.90. The minimum Gasteiger partial charge on any atom is -0.489 e. The van der Waals surface area contributed by atoms with Crippen LogP contribution in [0.4, 0.5) is 23.1 Å². The maximum atomic E-state index is 12.3. The molecule has 4 rings (SSSR count). The number of ether oxygens (including phenoxy) is 2. The van der Waals surface area contributed by atoms with Crippen LogP contribution in [0.15, 0.2) is 18.3 Å². The Morgan fingerprint density at radius 3 is 2.66 bits per heavy atom. The van der Waals surface area contributed by atoms with Crippen LogP contribution in [0.25, 0.3) is 0 Å². The molecule has 9 nitrogen and oxygen atoms in total. The molecule has 0 spiro atoms. The molecular weight excluding hydrogens is 432 g/mol. The van der Waals surface area contributed by atoms with Crippen LogP contribution in [0.5, 0.6) is 5.75 Å². The molecule has 0 bridgehead atoms. The molecule has 10 heteroatoms. The second-order valence-corrected chi connectivity index (χ2v) is 8.47. The Morgan fingerprint density at radius 2 is 1.91 bits per heavy atom. The van der Waals surface area contributed by atoms with E-state index in [4.69, 9.17) is 21.1 Å². The average molecular weight is 461 g/mol. The van der Waals surface area contributed by atoms with E-state index in [0.717, 1.165) is 43.1 Å². The molecule has 1 saturated heterocycles. The van der Waals surface area contributed by atoms with Gasteiger partial charge in [-0.25, -0.2) is 4.98 Å². The standard InChI is InChI=1S/C22H29ClN6O3/c1-27-6-8-29(9-7-27)22-24-14-17(23)21(26-22)25-16-12-15-4-5-19(30)28(2)20(15)18(13-16)32-11-10-31-3/h12-14H,4-11H2,1-3H3,(H,24,25,26). The van der Waals surface area contributed by atoms with Crippen LogP contribution < -0.4 is 19.9 Å². The SMILES string of the molecule is COCCOc1cc(Nc2nc(N3CCN(C)CC3)ncc2Cl)cc2c1N(C)C(=O)CC2. The third kappa shape index (κ3) is 4.90. The van der Waals surface area contributed by atoms with Gasteiger partial charge in [-0.15, -0.1) is 0 Å². The normalized spacial score (nSPS) is 16.8. The first-order chi connectivity index (χ1) is 15.5. The minimum atomic E-state index is 0.0745. The van der Waals surface area contributed by atoms with Crippen molar-refractivity contribution in [1.82, 2.24) is 14.9 Å². The van der Waals surface area contributed by atoms with E-state index in [1.165, 1.54) is 0 Å². The quantitative estimate of drug-likeness (QED) is 0.631. The number of likely N-dealkylation sites (N-methyl/N-ethyl adjacent to an activating group) is 1. The van der Waals surface area contributed by atoms with Crippen LogP contribution in [0.3, 0.4) is 0 Å². The molecule has 1 fully saturated rings. The Kier molecular flexibility index (Phi) is 6.98. The maximum Gasteiger partial charge on any atom is 0.227 e. The molecule has 0 unspecified atom stereocenters. The average Bonchev–Trinajstić information content (AvgIpc) is 2.78. The number of halogens is 1. The van der Waals surface area contributed by atoms with Gasteiger partial charge in [-0.1, -0.05) is 11.6 Å². The summed E-state index contributed by atoms with van der Waals surface area (Å²) >= 11 is 6.42. The number of aryl methyl sites for hydroxylation is 1. The van der Waals surface area contributed by atoms with E-state index in [9.17, 15) is 4.79 Å². The van der Waals surface area contributed by atoms with Gasteiger partial charge in [-0.2, -0.15) is 4.98 Å². The molecule has 1 N–H and O–H groups in total. The predicted octanol–water partition coefficient (Wildman–Crippen LogP) is 2.56. The van der Waals surface area contributed by atoms with E-state index in [0.29, 0.717) is 48.6 Å². The van der Waals surface area contributed by atoms with Crippen molar-refractivity contribution < 1.29 is 14.3 Å². The number of nitrogens with one attached hydrogen (secondary N) is 1. The third-order valence-corrected chi connectivity index (χ3v) is 6.07. The van der Waals surface area contributed by atoms with E-state index in [-0.39, 0.29) is 5.91 Å². The van der Waals surface area contributed by atoms with Gasteiger partial charge in [0.2, 0.25) is 11.9 Å². The molecule has 2 aromatic rings. The van der Waals surface area contributed by atoms with Crippen LogP contribution >= 0.6 is 11.6 Å². The Balaban J connectivity index is 1.62. The number of hydrogen-bond acceptors (Lipinski definition) is 8. The Labute approximate surface area is 193 Å². The molecule has 2 aliphatic rings. The van der Waals surface area contributed by atoms with Crippen LogP contribution in [-0.2, 0) is 16.0 Å². The van der Waals surface area contributed by atoms with Crippen molar-refractivity contribution in [2.24, 2.45) is 0 Å². The molecule has 2 aliphatic heterocycles. The van der Waals surface area contributed by atoms with Gasteiger partial charge >= 0.3 is 0 Å². The van der Waals surface area contributed by atoms with Gasteiger partial charge < -0.3 is 29.5 Å². The van der Waals surface area contributed by atoms with Gasteiger partial charge in [0.05, 0.1) is 18.5 Å². The summed E-state index contributed by atoms with van der Waals surface area (Å²) in [5.41, 5.74) is 2.63. The zero-order valence-corrected chi connectivity index (χ0v) is 19.5. The fourth-order valence-electron chi connectivity index (χ4n) is 3.93. The lowest BCUT2D eigenvalue weighted by Crippen LogP contribution is -2.45. The lowest BCUT2D eigenvalue weighted by molar-refractivity contribution is -0.118. The highest BCUT2D eigenvalue weighted by Gasteiger charge is 2.26. The highest BCUT2D eigenvalue weighted by Crippen LogP contribution is 2.40. The largest absolute Gasteiger partial charge is 0.489 e. The van der Waals surface area contributed by atoms with E-state index in [2.05, 4.69) is 32.1 Å². The van der Waals surface area contributed by atoms with Gasteiger partial charge in [0.25, 0.3) is 0 Å². The third-order valence-electron chi connectivity index (χ3n) is 5.80. The first kappa shape index (κ1) is 22.6. The molecule has 0 radical (unpaired) electrons. The molecule has 32 heavy (non-hydrogen) atoms. The lowest BCUT2D eigenvalue weighted by Gasteiger charge is -2.32. The van der Waals surface area contributed by atoms with Crippen LogP contribution in [0.1, 0.15) is 12.0 Å². The Hall–Kier alpha value is -2.62. The maximum absolute atomic E-state index is 12.3. The molecule has 172 valence electrons. The van der Waals surface area contributed by atoms with Crippen LogP contribution in [-0.4, -0.2) is 81.4 Å². The number of hydrogen-bond donors (Lipinski definition) is 1. The molecule has 0 aliphatic carbocycles. The van der Waals surface area contributed by atoms with E-state index in [1.807, 2.05) is 12.1 Å².